The van der Waals surface area contributed by atoms with Crippen molar-refractivity contribution in [1.82, 2.24) is 20.3 Å². The summed E-state index contributed by atoms with van der Waals surface area (Å²) in [4.78, 5) is 28.6. The summed E-state index contributed by atoms with van der Waals surface area (Å²) in [6, 6.07) is 5.63. The first kappa shape index (κ1) is 17.9. The molecule has 142 valence electrons. The van der Waals surface area contributed by atoms with Gasteiger partial charge in [-0.3, -0.25) is 9.78 Å². The van der Waals surface area contributed by atoms with Gasteiger partial charge in [0.15, 0.2) is 0 Å². The van der Waals surface area contributed by atoms with E-state index in [9.17, 15) is 4.79 Å². The highest BCUT2D eigenvalue weighted by molar-refractivity contribution is 5.99. The molecule has 2 aromatic heterocycles. The quantitative estimate of drug-likeness (QED) is 0.874. The molecule has 2 aromatic rings. The number of rotatable bonds is 5. The molecule has 27 heavy (non-hydrogen) atoms. The number of carbonyl (C=O) groups is 1. The molecule has 0 saturated carbocycles. The molecule has 1 amide bonds. The number of hydrogen-bond acceptors (Lipinski definition) is 6. The molecule has 0 aromatic carbocycles. The summed E-state index contributed by atoms with van der Waals surface area (Å²) in [5.41, 5.74) is 1.71. The van der Waals surface area contributed by atoms with Gasteiger partial charge in [-0.05, 0) is 44.2 Å². The van der Waals surface area contributed by atoms with Crippen LogP contribution in [0.15, 0.2) is 30.6 Å². The number of nitrogens with zero attached hydrogens (tertiary/aromatic N) is 4. The van der Waals surface area contributed by atoms with Gasteiger partial charge in [0.05, 0.1) is 17.4 Å². The lowest BCUT2D eigenvalue weighted by Crippen LogP contribution is -2.33. The lowest BCUT2D eigenvalue weighted by molar-refractivity contribution is 0.0857. The molecule has 4 heterocycles. The molecule has 0 aliphatic carbocycles. The van der Waals surface area contributed by atoms with Crippen LogP contribution in [-0.4, -0.2) is 53.2 Å². The van der Waals surface area contributed by atoms with Gasteiger partial charge in [0, 0.05) is 38.6 Å². The molecular weight excluding hydrogens is 342 g/mol. The smallest absolute Gasteiger partial charge is 0.255 e. The Kier molecular flexibility index (Phi) is 5.58. The average Bonchev–Trinajstić information content (AvgIpc) is 3.26. The number of amides is 1. The molecule has 2 fully saturated rings. The van der Waals surface area contributed by atoms with Gasteiger partial charge in [-0.25, -0.2) is 9.97 Å². The second-order valence-electron chi connectivity index (χ2n) is 7.04. The molecule has 0 radical (unpaired) electrons. The van der Waals surface area contributed by atoms with Gasteiger partial charge in [0.25, 0.3) is 5.91 Å². The molecule has 1 atom stereocenters. The number of hydrogen-bond donors (Lipinski definition) is 1. The van der Waals surface area contributed by atoms with Crippen LogP contribution in [0.4, 0.5) is 5.95 Å². The first-order valence-corrected chi connectivity index (χ1v) is 9.74. The third-order valence-corrected chi connectivity index (χ3v) is 5.08. The predicted molar refractivity (Wildman–Crippen MR) is 103 cm³/mol. The lowest BCUT2D eigenvalue weighted by atomic mass is 10.1. The van der Waals surface area contributed by atoms with E-state index in [4.69, 9.17) is 9.72 Å². The largest absolute Gasteiger partial charge is 0.376 e. The monoisotopic (exact) mass is 367 g/mol. The van der Waals surface area contributed by atoms with E-state index in [0.717, 1.165) is 45.4 Å². The minimum atomic E-state index is -0.184. The van der Waals surface area contributed by atoms with Gasteiger partial charge in [-0.2, -0.15) is 0 Å². The van der Waals surface area contributed by atoms with Crippen molar-refractivity contribution < 1.29 is 9.53 Å². The second-order valence-corrected chi connectivity index (χ2v) is 7.04. The highest BCUT2D eigenvalue weighted by atomic mass is 16.5. The molecule has 4 rings (SSSR count). The summed E-state index contributed by atoms with van der Waals surface area (Å²) < 4.78 is 5.59. The van der Waals surface area contributed by atoms with Crippen LogP contribution >= 0.6 is 0 Å². The number of ether oxygens (including phenoxy) is 1. The van der Waals surface area contributed by atoms with Crippen LogP contribution in [0.5, 0.6) is 0 Å². The lowest BCUT2D eigenvalue weighted by Gasteiger charge is -2.27. The van der Waals surface area contributed by atoms with E-state index >= 15 is 0 Å². The molecule has 1 unspecified atom stereocenters. The molecule has 0 spiro atoms. The van der Waals surface area contributed by atoms with E-state index in [2.05, 4.69) is 20.2 Å². The van der Waals surface area contributed by atoms with E-state index < -0.39 is 0 Å². The maximum absolute atomic E-state index is 12.8. The summed E-state index contributed by atoms with van der Waals surface area (Å²) >= 11 is 0. The summed E-state index contributed by atoms with van der Waals surface area (Å²) in [6.07, 6.45) is 9.01. The van der Waals surface area contributed by atoms with Crippen molar-refractivity contribution in [3.63, 3.8) is 0 Å². The number of piperidine rings is 1. The molecule has 0 bridgehead atoms. The van der Waals surface area contributed by atoms with E-state index in [0.29, 0.717) is 29.4 Å². The van der Waals surface area contributed by atoms with Gasteiger partial charge in [0.1, 0.15) is 5.69 Å². The molecule has 2 aliphatic heterocycles. The number of carbonyl (C=O) groups excluding carboxylic acids is 1. The Morgan fingerprint density at radius 2 is 2.07 bits per heavy atom. The zero-order valence-electron chi connectivity index (χ0n) is 15.4. The van der Waals surface area contributed by atoms with E-state index in [1.165, 1.54) is 6.42 Å². The Hall–Kier alpha value is -2.54. The van der Waals surface area contributed by atoms with Crippen molar-refractivity contribution in [1.29, 1.82) is 0 Å². The van der Waals surface area contributed by atoms with Crippen molar-refractivity contribution in [2.24, 2.45) is 0 Å². The fourth-order valence-corrected chi connectivity index (χ4v) is 3.59. The third kappa shape index (κ3) is 4.24. The Morgan fingerprint density at radius 1 is 1.19 bits per heavy atom. The van der Waals surface area contributed by atoms with Gasteiger partial charge in [-0.1, -0.05) is 6.07 Å². The third-order valence-electron chi connectivity index (χ3n) is 5.08. The van der Waals surface area contributed by atoms with Gasteiger partial charge >= 0.3 is 0 Å². The zero-order valence-corrected chi connectivity index (χ0v) is 15.4. The first-order valence-electron chi connectivity index (χ1n) is 9.74. The Bertz CT molecular complexity index is 771. The zero-order chi connectivity index (χ0) is 18.5. The van der Waals surface area contributed by atoms with E-state index in [1.54, 1.807) is 12.4 Å². The fourth-order valence-electron chi connectivity index (χ4n) is 3.59. The summed E-state index contributed by atoms with van der Waals surface area (Å²) in [7, 11) is 0. The highest BCUT2D eigenvalue weighted by Gasteiger charge is 2.22. The molecule has 1 N–H and O–H groups in total. The van der Waals surface area contributed by atoms with Crippen molar-refractivity contribution >= 4 is 11.9 Å². The average molecular weight is 367 g/mol. The van der Waals surface area contributed by atoms with Gasteiger partial charge in [0.2, 0.25) is 5.95 Å². The molecule has 2 aliphatic rings. The van der Waals surface area contributed by atoms with Gasteiger partial charge < -0.3 is 15.0 Å². The Labute approximate surface area is 159 Å². The standard InChI is InChI=1S/C20H25N5O2/c26-19(22-13-15-7-6-12-27-15)16-14-23-20(25-10-4-1-5-11-25)24-18(16)17-8-2-3-9-21-17/h2-3,8-9,14-15H,1,4-7,10-13H2,(H,22,26). The number of aromatic nitrogens is 3. The van der Waals surface area contributed by atoms with E-state index in [1.807, 2.05) is 18.2 Å². The summed E-state index contributed by atoms with van der Waals surface area (Å²) in [5.74, 6) is 0.488. The number of anilines is 1. The maximum atomic E-state index is 12.8. The topological polar surface area (TPSA) is 80.2 Å². The number of nitrogens with one attached hydrogen (secondary N) is 1. The number of pyridine rings is 1. The summed E-state index contributed by atoms with van der Waals surface area (Å²) in [6.45, 7) is 3.18. The van der Waals surface area contributed by atoms with Crippen LogP contribution in [-0.2, 0) is 4.74 Å². The van der Waals surface area contributed by atoms with Crippen molar-refractivity contribution in [3.05, 3.63) is 36.2 Å². The Morgan fingerprint density at radius 3 is 2.81 bits per heavy atom. The minimum absolute atomic E-state index is 0.0980. The first-order chi connectivity index (χ1) is 13.3. The predicted octanol–water partition coefficient (Wildman–Crippen LogP) is 2.44. The molecular formula is C20H25N5O2. The van der Waals surface area contributed by atoms with Crippen LogP contribution in [0.25, 0.3) is 11.4 Å². The van der Waals surface area contributed by atoms with Crippen molar-refractivity contribution in [3.8, 4) is 11.4 Å². The SMILES string of the molecule is O=C(NCC1CCCO1)c1cnc(N2CCCCC2)nc1-c1ccccn1. The van der Waals surface area contributed by atoms with Crippen LogP contribution in [0, 0.1) is 0 Å². The Balaban J connectivity index is 1.60. The summed E-state index contributed by atoms with van der Waals surface area (Å²) in [5, 5.41) is 2.96. The van der Waals surface area contributed by atoms with Gasteiger partial charge in [-0.15, -0.1) is 0 Å². The van der Waals surface area contributed by atoms with Crippen molar-refractivity contribution in [2.75, 3.05) is 31.1 Å². The van der Waals surface area contributed by atoms with Crippen LogP contribution in [0.1, 0.15) is 42.5 Å². The van der Waals surface area contributed by atoms with Crippen molar-refractivity contribution in [2.45, 2.75) is 38.2 Å². The van der Waals surface area contributed by atoms with Crippen LogP contribution < -0.4 is 10.2 Å². The minimum Gasteiger partial charge on any atom is -0.376 e. The fraction of sp³-hybridized carbons (Fsp3) is 0.500. The second kappa shape index (κ2) is 8.43. The van der Waals surface area contributed by atoms with Crippen LogP contribution in [0.3, 0.4) is 0 Å². The highest BCUT2D eigenvalue weighted by Crippen LogP contribution is 2.23. The molecule has 7 nitrogen and oxygen atoms in total. The normalized spacial score (nSPS) is 19.9. The molecule has 2 saturated heterocycles. The molecule has 7 heteroatoms. The van der Waals surface area contributed by atoms with E-state index in [-0.39, 0.29) is 12.0 Å². The maximum Gasteiger partial charge on any atom is 0.255 e. The van der Waals surface area contributed by atoms with Crippen LogP contribution in [0.2, 0.25) is 0 Å².